The van der Waals surface area contributed by atoms with Crippen LogP contribution in [0.1, 0.15) is 76.0 Å². The Hall–Kier alpha value is -2.33. The molecule has 0 bridgehead atoms. The smallest absolute Gasteiger partial charge is 0.243 e. The number of hydrogen-bond donors (Lipinski definition) is 2. The number of nitrogens with two attached hydrogens (primary N) is 1. The van der Waals surface area contributed by atoms with Crippen LogP contribution in [0.25, 0.3) is 0 Å². The second-order valence-corrected chi connectivity index (χ2v) is 13.7. The fraction of sp³-hybridized carbons (Fsp3) is 0.679. The van der Waals surface area contributed by atoms with E-state index in [1.165, 1.54) is 11.2 Å². The van der Waals surface area contributed by atoms with Gasteiger partial charge in [0.1, 0.15) is 17.0 Å². The van der Waals surface area contributed by atoms with E-state index in [-0.39, 0.29) is 55.2 Å². The third kappa shape index (κ3) is 7.40. The highest BCUT2D eigenvalue weighted by Gasteiger charge is 2.45. The van der Waals surface area contributed by atoms with Crippen LogP contribution in [0.2, 0.25) is 0 Å². The van der Waals surface area contributed by atoms with Crippen molar-refractivity contribution in [3.05, 3.63) is 34.9 Å². The number of nitrogens with zero attached hydrogens (tertiary/aromatic N) is 1. The van der Waals surface area contributed by atoms with Gasteiger partial charge in [-0.2, -0.15) is 0 Å². The van der Waals surface area contributed by atoms with Gasteiger partial charge in [-0.05, 0) is 95.2 Å². The summed E-state index contributed by atoms with van der Waals surface area (Å²) in [7, 11) is -3.59. The van der Waals surface area contributed by atoms with Gasteiger partial charge in [-0.15, -0.1) is 0 Å². The lowest BCUT2D eigenvalue weighted by atomic mass is 9.75. The Kier molecular flexibility index (Phi) is 9.40. The monoisotopic (exact) mass is 551 g/mol. The Morgan fingerprint density at radius 3 is 2.24 bits per heavy atom. The molecule has 0 unspecified atom stereocenters. The van der Waals surface area contributed by atoms with Gasteiger partial charge in [0.2, 0.25) is 21.8 Å². The first kappa shape index (κ1) is 30.2. The quantitative estimate of drug-likeness (QED) is 0.462. The van der Waals surface area contributed by atoms with Gasteiger partial charge in [0, 0.05) is 25.4 Å². The van der Waals surface area contributed by atoms with Crippen LogP contribution in [-0.2, 0) is 37.2 Å². The largest absolute Gasteiger partial charge is 0.368 e. The number of sulfonamides is 1. The van der Waals surface area contributed by atoms with Crippen LogP contribution in [0.4, 0.5) is 4.39 Å². The second kappa shape index (κ2) is 11.8. The number of piperidine rings is 1. The molecule has 1 saturated carbocycles. The summed E-state index contributed by atoms with van der Waals surface area (Å²) in [4.78, 5) is 36.8. The fourth-order valence-electron chi connectivity index (χ4n) is 5.76. The number of aryl methyl sites for hydroxylation is 2. The predicted octanol–water partition coefficient (Wildman–Crippen LogP) is 2.99. The van der Waals surface area contributed by atoms with E-state index in [2.05, 4.69) is 5.32 Å². The molecule has 1 aromatic rings. The molecule has 0 aromatic heterocycles. The summed E-state index contributed by atoms with van der Waals surface area (Å²) in [6.07, 6.45) is 3.22. The Labute approximate surface area is 226 Å². The summed E-state index contributed by atoms with van der Waals surface area (Å²) in [5.74, 6) is -1.34. The molecule has 3 rings (SSSR count). The Morgan fingerprint density at radius 2 is 1.74 bits per heavy atom. The van der Waals surface area contributed by atoms with Crippen molar-refractivity contribution in [2.24, 2.45) is 17.6 Å². The highest BCUT2D eigenvalue weighted by Crippen LogP contribution is 2.38. The molecular weight excluding hydrogens is 509 g/mol. The first-order valence-electron chi connectivity index (χ1n) is 13.5. The molecule has 2 amide bonds. The van der Waals surface area contributed by atoms with Gasteiger partial charge in [0.15, 0.2) is 0 Å². The van der Waals surface area contributed by atoms with Gasteiger partial charge in [-0.3, -0.25) is 14.4 Å². The van der Waals surface area contributed by atoms with E-state index in [1.54, 1.807) is 13.8 Å². The Morgan fingerprint density at radius 1 is 1.13 bits per heavy atom. The molecule has 1 aliphatic heterocycles. The molecule has 0 radical (unpaired) electrons. The lowest BCUT2D eigenvalue weighted by molar-refractivity contribution is -0.136. The van der Waals surface area contributed by atoms with Crippen molar-refractivity contribution in [3.8, 4) is 0 Å². The second-order valence-electron chi connectivity index (χ2n) is 11.7. The van der Waals surface area contributed by atoms with Crippen molar-refractivity contribution >= 4 is 27.6 Å². The molecule has 8 nitrogen and oxygen atoms in total. The van der Waals surface area contributed by atoms with Crippen molar-refractivity contribution in [2.75, 3.05) is 18.8 Å². The molecule has 1 saturated heterocycles. The van der Waals surface area contributed by atoms with E-state index in [0.717, 1.165) is 16.7 Å². The predicted molar refractivity (Wildman–Crippen MR) is 145 cm³/mol. The summed E-state index contributed by atoms with van der Waals surface area (Å²) < 4.78 is 41.8. The average Bonchev–Trinajstić information content (AvgIpc) is 2.83. The Bertz CT molecular complexity index is 1150. The van der Waals surface area contributed by atoms with E-state index >= 15 is 0 Å². The number of nitrogens with one attached hydrogen (secondary N) is 1. The zero-order valence-electron chi connectivity index (χ0n) is 23.0. The summed E-state index contributed by atoms with van der Waals surface area (Å²) >= 11 is 0. The van der Waals surface area contributed by atoms with Crippen LogP contribution in [0, 0.1) is 18.8 Å². The zero-order valence-corrected chi connectivity index (χ0v) is 23.8. The number of rotatable bonds is 10. The normalized spacial score (nSPS) is 22.6. The molecule has 2 fully saturated rings. The van der Waals surface area contributed by atoms with Gasteiger partial charge in [0.05, 0.1) is 5.75 Å². The molecule has 212 valence electrons. The minimum atomic E-state index is -3.59. The number of hydrogen-bond acceptors (Lipinski definition) is 5. The maximum Gasteiger partial charge on any atom is 0.243 e. The van der Waals surface area contributed by atoms with Gasteiger partial charge >= 0.3 is 0 Å². The van der Waals surface area contributed by atoms with Crippen molar-refractivity contribution in [3.63, 3.8) is 0 Å². The number of Topliss-reactive ketones (excluding diaryl/α,β-unsaturated/α-hetero) is 1. The first-order valence-corrected chi connectivity index (χ1v) is 15.1. The molecule has 1 heterocycles. The maximum atomic E-state index is 14.3. The number of amides is 2. The highest BCUT2D eigenvalue weighted by atomic mass is 32.2. The molecule has 38 heavy (non-hydrogen) atoms. The van der Waals surface area contributed by atoms with E-state index < -0.39 is 27.1 Å². The minimum Gasteiger partial charge on any atom is -0.368 e. The molecule has 10 heteroatoms. The number of alkyl halides is 1. The molecule has 1 aromatic carbocycles. The van der Waals surface area contributed by atoms with Crippen LogP contribution < -0.4 is 11.1 Å². The average molecular weight is 552 g/mol. The number of ketones is 1. The number of carbonyl (C=O) groups is 3. The molecule has 3 N–H and O–H groups in total. The van der Waals surface area contributed by atoms with Gasteiger partial charge in [-0.1, -0.05) is 18.2 Å². The summed E-state index contributed by atoms with van der Waals surface area (Å²) in [6, 6.07) is 5.64. The molecule has 0 spiro atoms. The minimum absolute atomic E-state index is 0.0706. The lowest BCUT2D eigenvalue weighted by Crippen LogP contribution is -2.63. The maximum absolute atomic E-state index is 14.3. The highest BCUT2D eigenvalue weighted by molar-refractivity contribution is 7.89. The molecule has 1 aliphatic carbocycles. The van der Waals surface area contributed by atoms with E-state index in [4.69, 9.17) is 5.73 Å². The summed E-state index contributed by atoms with van der Waals surface area (Å²) in [5, 5.41) is 2.86. The van der Waals surface area contributed by atoms with Gasteiger partial charge < -0.3 is 11.1 Å². The Balaban J connectivity index is 1.57. The van der Waals surface area contributed by atoms with E-state index in [9.17, 15) is 27.2 Å². The van der Waals surface area contributed by atoms with E-state index in [0.29, 0.717) is 38.5 Å². The topological polar surface area (TPSA) is 127 Å². The summed E-state index contributed by atoms with van der Waals surface area (Å²) in [6.45, 7) is 6.74. The molecular formula is C28H42FN3O5S. The van der Waals surface area contributed by atoms with Crippen LogP contribution in [-0.4, -0.2) is 60.4 Å². The molecule has 0 atom stereocenters. The fourth-order valence-corrected chi connectivity index (χ4v) is 7.24. The van der Waals surface area contributed by atoms with Crippen LogP contribution in [0.3, 0.4) is 0 Å². The number of halogens is 1. The van der Waals surface area contributed by atoms with Crippen molar-refractivity contribution in [2.45, 2.75) is 90.3 Å². The van der Waals surface area contributed by atoms with Crippen molar-refractivity contribution in [1.82, 2.24) is 9.62 Å². The van der Waals surface area contributed by atoms with E-state index in [1.807, 2.05) is 25.1 Å². The van der Waals surface area contributed by atoms with Crippen LogP contribution >= 0.6 is 0 Å². The number of carbonyl (C=O) groups excluding carboxylic acids is 3. The van der Waals surface area contributed by atoms with Gasteiger partial charge in [-0.25, -0.2) is 17.1 Å². The number of benzene rings is 1. The lowest BCUT2D eigenvalue weighted by Gasteiger charge is -2.41. The number of primary amides is 1. The SMILES string of the molecule is CC(=O)Cc1ccc(CCS(=O)(=O)N2CCC(NC(=O)C3CCC(C(C)(C)F)CC3)(C(N)=O)CC2)c(C)c1. The standard InChI is InChI=1S/C28H42FN3O5S/c1-19-17-21(18-20(2)33)5-6-22(19)11-16-38(36,37)32-14-12-28(13-15-32,26(30)35)31-25(34)23-7-9-24(10-8-23)27(3,4)29/h5-6,17,23-24H,7-16,18H2,1-4H3,(H2,30,35)(H,31,34). The zero-order chi connectivity index (χ0) is 28.3. The molecule has 2 aliphatic rings. The van der Waals surface area contributed by atoms with Crippen molar-refractivity contribution in [1.29, 1.82) is 0 Å². The first-order chi connectivity index (χ1) is 17.6. The van der Waals surface area contributed by atoms with Crippen LogP contribution in [0.15, 0.2) is 18.2 Å². The third-order valence-corrected chi connectivity index (χ3v) is 10.2. The van der Waals surface area contributed by atoms with Crippen molar-refractivity contribution < 1.29 is 27.2 Å². The van der Waals surface area contributed by atoms with Gasteiger partial charge in [0.25, 0.3) is 0 Å². The van der Waals surface area contributed by atoms with Crippen LogP contribution in [0.5, 0.6) is 0 Å². The summed E-state index contributed by atoms with van der Waals surface area (Å²) in [5.41, 5.74) is 5.89. The third-order valence-electron chi connectivity index (χ3n) is 8.36.